The van der Waals surface area contributed by atoms with Crippen LogP contribution >= 0.6 is 11.6 Å². The van der Waals surface area contributed by atoms with Gasteiger partial charge in [-0.25, -0.2) is 4.98 Å². The third-order valence-electron chi connectivity index (χ3n) is 2.47. The lowest BCUT2D eigenvalue weighted by molar-refractivity contribution is 0.0718. The third kappa shape index (κ3) is 3.97. The summed E-state index contributed by atoms with van der Waals surface area (Å²) >= 11 is 5.68. The largest absolute Gasteiger partial charge is 0.337 e. The first-order chi connectivity index (χ1) is 8.27. The summed E-state index contributed by atoms with van der Waals surface area (Å²) in [5.41, 5.74) is 0.337. The predicted molar refractivity (Wildman–Crippen MR) is 68.1 cm³/mol. The lowest BCUT2D eigenvalue weighted by Gasteiger charge is -2.26. The average Bonchev–Trinajstić information content (AvgIpc) is 2.41. The Morgan fingerprint density at radius 3 is 2.47 bits per heavy atom. The molecule has 1 aromatic rings. The Hall–Kier alpha value is -1.16. The molecule has 0 radical (unpaired) electrons. The Kier molecular flexibility index (Phi) is 5.91. The molecular formula is C12H18ClN3O. The number of halogens is 1. The smallest absolute Gasteiger partial charge is 0.274 e. The normalized spacial score (nSPS) is 14.9. The van der Waals surface area contributed by atoms with E-state index < -0.39 is 0 Å². The highest BCUT2D eigenvalue weighted by Gasteiger charge is 2.19. The first kappa shape index (κ1) is 13.9. The summed E-state index contributed by atoms with van der Waals surface area (Å²) in [6, 6.07) is 0. The quantitative estimate of drug-likeness (QED) is 0.775. The van der Waals surface area contributed by atoms with Gasteiger partial charge in [-0.15, -0.1) is 0 Å². The minimum atomic E-state index is -0.0651. The highest BCUT2D eigenvalue weighted by Crippen LogP contribution is 2.12. The molecule has 0 aromatic carbocycles. The van der Waals surface area contributed by atoms with Gasteiger partial charge in [-0.3, -0.25) is 9.78 Å². The first-order valence-corrected chi connectivity index (χ1v) is 6.42. The zero-order chi connectivity index (χ0) is 12.7. The number of carbonyl (C=O) groups excluding carboxylic acids is 1. The van der Waals surface area contributed by atoms with Gasteiger partial charge in [0.2, 0.25) is 0 Å². The Morgan fingerprint density at radius 2 is 1.88 bits per heavy atom. The number of likely N-dealkylation sites (tertiary alicyclic amines) is 1. The standard InChI is InChI=1S/C10H12ClN3O.C2H6/c11-9-7-12-6-8(13-9)10(15)14-4-2-1-3-5-14;1-2/h6-7H,1-5H2;1-2H3. The fraction of sp³-hybridized carbons (Fsp3) is 0.583. The van der Waals surface area contributed by atoms with Crippen molar-refractivity contribution in [1.29, 1.82) is 0 Å². The molecule has 0 aliphatic carbocycles. The molecule has 0 saturated carbocycles. The van der Waals surface area contributed by atoms with Crippen LogP contribution in [0.4, 0.5) is 0 Å². The topological polar surface area (TPSA) is 46.1 Å². The van der Waals surface area contributed by atoms with Crippen molar-refractivity contribution in [1.82, 2.24) is 14.9 Å². The Balaban J connectivity index is 0.000000686. The minimum absolute atomic E-state index is 0.0651. The molecule has 0 bridgehead atoms. The number of hydrogen-bond acceptors (Lipinski definition) is 3. The van der Waals surface area contributed by atoms with Gasteiger partial charge in [-0.1, -0.05) is 25.4 Å². The molecule has 4 nitrogen and oxygen atoms in total. The van der Waals surface area contributed by atoms with E-state index in [1.807, 2.05) is 18.7 Å². The second-order valence-electron chi connectivity index (χ2n) is 3.58. The summed E-state index contributed by atoms with van der Waals surface area (Å²) in [6.45, 7) is 5.63. The molecule has 1 aliphatic heterocycles. The van der Waals surface area contributed by atoms with Gasteiger partial charge in [0.1, 0.15) is 10.8 Å². The van der Waals surface area contributed by atoms with Crippen LogP contribution in [0.1, 0.15) is 43.6 Å². The van der Waals surface area contributed by atoms with Crippen LogP contribution in [0.25, 0.3) is 0 Å². The van der Waals surface area contributed by atoms with Crippen molar-refractivity contribution in [3.63, 3.8) is 0 Å². The van der Waals surface area contributed by atoms with E-state index in [4.69, 9.17) is 11.6 Å². The summed E-state index contributed by atoms with van der Waals surface area (Å²) in [7, 11) is 0. The van der Waals surface area contributed by atoms with Crippen LogP contribution in [0.5, 0.6) is 0 Å². The average molecular weight is 256 g/mol. The van der Waals surface area contributed by atoms with Crippen molar-refractivity contribution in [2.45, 2.75) is 33.1 Å². The van der Waals surface area contributed by atoms with Crippen LogP contribution in [0.15, 0.2) is 12.4 Å². The van der Waals surface area contributed by atoms with Crippen LogP contribution in [0, 0.1) is 0 Å². The van der Waals surface area contributed by atoms with Crippen LogP contribution in [-0.4, -0.2) is 33.9 Å². The second-order valence-corrected chi connectivity index (χ2v) is 3.97. The van der Waals surface area contributed by atoms with E-state index in [0.29, 0.717) is 5.69 Å². The Bertz CT molecular complexity index is 365. The monoisotopic (exact) mass is 255 g/mol. The SMILES string of the molecule is CC.O=C(c1cncc(Cl)n1)N1CCCCC1. The molecular weight excluding hydrogens is 238 g/mol. The maximum atomic E-state index is 11.9. The molecule has 1 amide bonds. The molecule has 0 spiro atoms. The van der Waals surface area contributed by atoms with Gasteiger partial charge in [0, 0.05) is 13.1 Å². The first-order valence-electron chi connectivity index (χ1n) is 6.04. The van der Waals surface area contributed by atoms with Crippen LogP contribution in [0.3, 0.4) is 0 Å². The number of nitrogens with zero attached hydrogens (tertiary/aromatic N) is 3. The molecule has 5 heteroatoms. The highest BCUT2D eigenvalue weighted by molar-refractivity contribution is 6.29. The number of hydrogen-bond donors (Lipinski definition) is 0. The van der Waals surface area contributed by atoms with Crippen LogP contribution in [0.2, 0.25) is 5.15 Å². The third-order valence-corrected chi connectivity index (χ3v) is 2.65. The Labute approximate surface area is 107 Å². The van der Waals surface area contributed by atoms with Gasteiger partial charge in [0.25, 0.3) is 5.91 Å². The zero-order valence-electron chi connectivity index (χ0n) is 10.3. The molecule has 2 rings (SSSR count). The minimum Gasteiger partial charge on any atom is -0.337 e. The molecule has 2 heterocycles. The molecule has 0 unspecified atom stereocenters. The van der Waals surface area contributed by atoms with E-state index in [0.717, 1.165) is 25.9 Å². The molecule has 94 valence electrons. The van der Waals surface area contributed by atoms with Gasteiger partial charge in [0.05, 0.1) is 12.4 Å². The highest BCUT2D eigenvalue weighted by atomic mass is 35.5. The molecule has 1 aliphatic rings. The fourth-order valence-electron chi connectivity index (χ4n) is 1.70. The number of piperidine rings is 1. The lowest BCUT2D eigenvalue weighted by atomic mass is 10.1. The summed E-state index contributed by atoms with van der Waals surface area (Å²) in [5.74, 6) is -0.0651. The van der Waals surface area contributed by atoms with E-state index in [-0.39, 0.29) is 11.1 Å². The summed E-state index contributed by atoms with van der Waals surface area (Å²) in [4.78, 5) is 21.5. The van der Waals surface area contributed by atoms with Gasteiger partial charge < -0.3 is 4.90 Å². The number of amides is 1. The lowest BCUT2D eigenvalue weighted by Crippen LogP contribution is -2.36. The molecule has 17 heavy (non-hydrogen) atoms. The van der Waals surface area contributed by atoms with Gasteiger partial charge in [-0.2, -0.15) is 0 Å². The van der Waals surface area contributed by atoms with Crippen molar-refractivity contribution < 1.29 is 4.79 Å². The van der Waals surface area contributed by atoms with Gasteiger partial charge in [0.15, 0.2) is 0 Å². The maximum Gasteiger partial charge on any atom is 0.274 e. The molecule has 1 fully saturated rings. The fourth-order valence-corrected chi connectivity index (χ4v) is 1.85. The van der Waals surface area contributed by atoms with Crippen LogP contribution in [-0.2, 0) is 0 Å². The van der Waals surface area contributed by atoms with E-state index >= 15 is 0 Å². The molecule has 1 aromatic heterocycles. The number of rotatable bonds is 1. The summed E-state index contributed by atoms with van der Waals surface area (Å²) in [6.07, 6.45) is 6.22. The zero-order valence-corrected chi connectivity index (χ0v) is 11.1. The van der Waals surface area contributed by atoms with E-state index in [2.05, 4.69) is 9.97 Å². The van der Waals surface area contributed by atoms with Crippen molar-refractivity contribution in [3.8, 4) is 0 Å². The molecule has 0 N–H and O–H groups in total. The van der Waals surface area contributed by atoms with Crippen LogP contribution < -0.4 is 0 Å². The van der Waals surface area contributed by atoms with E-state index in [9.17, 15) is 4.79 Å². The summed E-state index contributed by atoms with van der Waals surface area (Å²) in [5, 5.41) is 0.262. The van der Waals surface area contributed by atoms with Gasteiger partial charge in [-0.05, 0) is 19.3 Å². The number of carbonyl (C=O) groups is 1. The molecule has 0 atom stereocenters. The van der Waals surface area contributed by atoms with Crippen molar-refractivity contribution >= 4 is 17.5 Å². The predicted octanol–water partition coefficient (Wildman–Crippen LogP) is 2.78. The van der Waals surface area contributed by atoms with Gasteiger partial charge >= 0.3 is 0 Å². The Morgan fingerprint density at radius 1 is 1.24 bits per heavy atom. The maximum absolute atomic E-state index is 11.9. The van der Waals surface area contributed by atoms with E-state index in [1.54, 1.807) is 0 Å². The van der Waals surface area contributed by atoms with Crippen molar-refractivity contribution in [2.75, 3.05) is 13.1 Å². The van der Waals surface area contributed by atoms with E-state index in [1.165, 1.54) is 18.8 Å². The van der Waals surface area contributed by atoms with Crippen molar-refractivity contribution in [3.05, 3.63) is 23.2 Å². The summed E-state index contributed by atoms with van der Waals surface area (Å²) < 4.78 is 0. The molecule has 1 saturated heterocycles. The second kappa shape index (κ2) is 7.22. The van der Waals surface area contributed by atoms with Crippen molar-refractivity contribution in [2.24, 2.45) is 0 Å². The number of aromatic nitrogens is 2.